The number of fused-ring (bicyclic) bond motifs is 1. The van der Waals surface area contributed by atoms with Crippen LogP contribution in [-0.4, -0.2) is 28.2 Å². The number of ether oxygens (including phenoxy) is 1. The molecular formula is C16H12Cl2N2O3S. The maximum Gasteiger partial charge on any atom is 0.311 e. The van der Waals surface area contributed by atoms with Crippen LogP contribution in [0.3, 0.4) is 0 Å². The van der Waals surface area contributed by atoms with Crippen LogP contribution in [-0.2, 0) is 16.0 Å². The molecule has 3 rings (SSSR count). The summed E-state index contributed by atoms with van der Waals surface area (Å²) in [5, 5.41) is 0.928. The van der Waals surface area contributed by atoms with Crippen LogP contribution < -0.4 is 0 Å². The lowest BCUT2D eigenvalue weighted by molar-refractivity contribution is -0.142. The predicted octanol–water partition coefficient (Wildman–Crippen LogP) is 4.29. The molecule has 2 aromatic heterocycles. The summed E-state index contributed by atoms with van der Waals surface area (Å²) in [4.78, 5) is 29.0. The van der Waals surface area contributed by atoms with Crippen LogP contribution in [0.5, 0.6) is 0 Å². The third-order valence-electron chi connectivity index (χ3n) is 3.33. The summed E-state index contributed by atoms with van der Waals surface area (Å²) in [6.45, 7) is 2.09. The Morgan fingerprint density at radius 1 is 1.42 bits per heavy atom. The monoisotopic (exact) mass is 382 g/mol. The molecule has 0 saturated carbocycles. The Bertz CT molecular complexity index is 933. The molecule has 3 aromatic rings. The Kier molecular flexibility index (Phi) is 4.89. The van der Waals surface area contributed by atoms with E-state index in [1.807, 2.05) is 0 Å². The lowest BCUT2D eigenvalue weighted by Gasteiger charge is -2.02. The fourth-order valence-corrected chi connectivity index (χ4v) is 3.80. The van der Waals surface area contributed by atoms with Crippen molar-refractivity contribution in [3.8, 4) is 11.3 Å². The van der Waals surface area contributed by atoms with E-state index >= 15 is 0 Å². The summed E-state index contributed by atoms with van der Waals surface area (Å²) >= 11 is 13.5. The van der Waals surface area contributed by atoms with E-state index < -0.39 is 0 Å². The summed E-state index contributed by atoms with van der Waals surface area (Å²) < 4.78 is 6.59. The first kappa shape index (κ1) is 17.0. The van der Waals surface area contributed by atoms with E-state index in [0.717, 1.165) is 11.2 Å². The van der Waals surface area contributed by atoms with Gasteiger partial charge in [-0.15, -0.1) is 11.3 Å². The van der Waals surface area contributed by atoms with Gasteiger partial charge in [-0.05, 0) is 25.1 Å². The van der Waals surface area contributed by atoms with Crippen molar-refractivity contribution in [2.75, 3.05) is 6.61 Å². The van der Waals surface area contributed by atoms with Crippen molar-refractivity contribution in [2.24, 2.45) is 0 Å². The second-order valence-corrected chi connectivity index (χ2v) is 6.86. The normalized spacial score (nSPS) is 11.0. The molecule has 0 amide bonds. The van der Waals surface area contributed by atoms with E-state index in [4.69, 9.17) is 27.9 Å². The topological polar surface area (TPSA) is 60.7 Å². The third-order valence-corrected chi connectivity index (χ3v) is 4.86. The molecule has 1 aromatic carbocycles. The number of hydrogen-bond donors (Lipinski definition) is 0. The van der Waals surface area contributed by atoms with Crippen molar-refractivity contribution in [3.63, 3.8) is 0 Å². The molecule has 0 aliphatic heterocycles. The molecule has 5 nitrogen and oxygen atoms in total. The number of aldehydes is 1. The largest absolute Gasteiger partial charge is 0.466 e. The quantitative estimate of drug-likeness (QED) is 0.487. The second-order valence-electron chi connectivity index (χ2n) is 4.92. The van der Waals surface area contributed by atoms with Gasteiger partial charge >= 0.3 is 5.97 Å². The summed E-state index contributed by atoms with van der Waals surface area (Å²) in [6, 6.07) is 5.02. The number of thiazole rings is 1. The van der Waals surface area contributed by atoms with E-state index in [1.165, 1.54) is 11.3 Å². The number of benzene rings is 1. The fourth-order valence-electron chi connectivity index (χ4n) is 2.34. The number of halogens is 2. The Morgan fingerprint density at radius 2 is 2.21 bits per heavy atom. The van der Waals surface area contributed by atoms with Gasteiger partial charge in [-0.2, -0.15) is 0 Å². The van der Waals surface area contributed by atoms with Gasteiger partial charge in [-0.25, -0.2) is 4.98 Å². The minimum atomic E-state index is -0.310. The van der Waals surface area contributed by atoms with Gasteiger partial charge in [0.25, 0.3) is 0 Å². The molecule has 0 atom stereocenters. The first-order valence-corrected chi connectivity index (χ1v) is 8.67. The van der Waals surface area contributed by atoms with Gasteiger partial charge in [0.1, 0.15) is 11.4 Å². The van der Waals surface area contributed by atoms with Crippen molar-refractivity contribution in [1.82, 2.24) is 9.38 Å². The maximum absolute atomic E-state index is 11.6. The van der Waals surface area contributed by atoms with Crippen LogP contribution >= 0.6 is 34.5 Å². The van der Waals surface area contributed by atoms with Crippen molar-refractivity contribution in [3.05, 3.63) is 45.0 Å². The van der Waals surface area contributed by atoms with Gasteiger partial charge in [-0.3, -0.25) is 14.0 Å². The smallest absolute Gasteiger partial charge is 0.311 e. The van der Waals surface area contributed by atoms with Crippen LogP contribution in [0.2, 0.25) is 10.0 Å². The van der Waals surface area contributed by atoms with Gasteiger partial charge in [0.05, 0.1) is 18.1 Å². The number of nitrogens with zero attached hydrogens (tertiary/aromatic N) is 2. The zero-order chi connectivity index (χ0) is 17.3. The molecule has 124 valence electrons. The predicted molar refractivity (Wildman–Crippen MR) is 94.2 cm³/mol. The number of carbonyl (C=O) groups excluding carboxylic acids is 2. The first-order valence-electron chi connectivity index (χ1n) is 7.10. The number of imidazole rings is 1. The van der Waals surface area contributed by atoms with Gasteiger partial charge < -0.3 is 4.74 Å². The SMILES string of the molecule is CCOC(=O)Cc1cn2c(C=O)c(-c3ccc(Cl)cc3Cl)nc2s1. The molecule has 0 aliphatic carbocycles. The zero-order valence-corrected chi connectivity index (χ0v) is 14.9. The minimum Gasteiger partial charge on any atom is -0.466 e. The minimum absolute atomic E-state index is 0.150. The van der Waals surface area contributed by atoms with Crippen LogP contribution in [0.1, 0.15) is 22.3 Å². The molecule has 2 heterocycles. The van der Waals surface area contributed by atoms with Crippen molar-refractivity contribution < 1.29 is 14.3 Å². The van der Waals surface area contributed by atoms with Crippen LogP contribution in [0.15, 0.2) is 24.4 Å². The van der Waals surface area contributed by atoms with E-state index in [9.17, 15) is 9.59 Å². The molecule has 0 bridgehead atoms. The summed E-state index contributed by atoms with van der Waals surface area (Å²) in [5.74, 6) is -0.310. The molecule has 0 aliphatic rings. The highest BCUT2D eigenvalue weighted by Gasteiger charge is 2.19. The standard InChI is InChI=1S/C16H12Cl2N2O3S/c1-2-23-14(22)6-10-7-20-13(8-21)15(19-16(20)24-10)11-4-3-9(17)5-12(11)18/h3-5,7-8H,2,6H2,1H3. The van der Waals surface area contributed by atoms with E-state index in [0.29, 0.717) is 38.6 Å². The van der Waals surface area contributed by atoms with Crippen molar-refractivity contribution >= 4 is 51.8 Å². The highest BCUT2D eigenvalue weighted by Crippen LogP contribution is 2.33. The molecule has 0 unspecified atom stereocenters. The Labute approximate surface area is 151 Å². The molecule has 0 radical (unpaired) electrons. The average Bonchev–Trinajstić information content (AvgIpc) is 3.04. The molecule has 0 spiro atoms. The maximum atomic E-state index is 11.6. The zero-order valence-electron chi connectivity index (χ0n) is 12.6. The third kappa shape index (κ3) is 3.17. The van der Waals surface area contributed by atoms with Gasteiger partial charge in [0, 0.05) is 21.7 Å². The number of rotatable bonds is 5. The number of esters is 1. The van der Waals surface area contributed by atoms with Crippen molar-refractivity contribution in [2.45, 2.75) is 13.3 Å². The van der Waals surface area contributed by atoms with Gasteiger partial charge in [0.2, 0.25) is 0 Å². The van der Waals surface area contributed by atoms with E-state index in [2.05, 4.69) is 4.98 Å². The number of aromatic nitrogens is 2. The Morgan fingerprint density at radius 3 is 2.88 bits per heavy atom. The second kappa shape index (κ2) is 6.93. The summed E-state index contributed by atoms with van der Waals surface area (Å²) in [5.41, 5.74) is 1.49. The average molecular weight is 383 g/mol. The first-order chi connectivity index (χ1) is 11.5. The summed E-state index contributed by atoms with van der Waals surface area (Å²) in [6.07, 6.45) is 2.60. The lowest BCUT2D eigenvalue weighted by Crippen LogP contribution is -2.06. The Balaban J connectivity index is 2.03. The molecule has 0 N–H and O–H groups in total. The highest BCUT2D eigenvalue weighted by atomic mass is 35.5. The van der Waals surface area contributed by atoms with Crippen LogP contribution in [0.25, 0.3) is 16.2 Å². The molecule has 0 saturated heterocycles. The van der Waals surface area contributed by atoms with E-state index in [1.54, 1.807) is 35.7 Å². The van der Waals surface area contributed by atoms with Gasteiger partial charge in [0.15, 0.2) is 11.2 Å². The number of carbonyl (C=O) groups is 2. The highest BCUT2D eigenvalue weighted by molar-refractivity contribution is 7.17. The Hall–Kier alpha value is -1.89. The molecule has 8 heteroatoms. The molecule has 24 heavy (non-hydrogen) atoms. The van der Waals surface area contributed by atoms with E-state index in [-0.39, 0.29) is 12.4 Å². The lowest BCUT2D eigenvalue weighted by atomic mass is 10.1. The van der Waals surface area contributed by atoms with Gasteiger partial charge in [-0.1, -0.05) is 23.2 Å². The molecular weight excluding hydrogens is 371 g/mol. The molecule has 0 fully saturated rings. The summed E-state index contributed by atoms with van der Waals surface area (Å²) in [7, 11) is 0. The van der Waals surface area contributed by atoms with Crippen LogP contribution in [0, 0.1) is 0 Å². The number of hydrogen-bond acceptors (Lipinski definition) is 5. The fraction of sp³-hybridized carbons (Fsp3) is 0.188. The van der Waals surface area contributed by atoms with Crippen molar-refractivity contribution in [1.29, 1.82) is 0 Å². The van der Waals surface area contributed by atoms with Crippen LogP contribution in [0.4, 0.5) is 0 Å².